The van der Waals surface area contributed by atoms with E-state index in [0.29, 0.717) is 17.1 Å². The zero-order valence-electron chi connectivity index (χ0n) is 15.0. The first-order valence-corrected chi connectivity index (χ1v) is 9.16. The molecule has 2 aromatic carbocycles. The second-order valence-corrected chi connectivity index (χ2v) is 6.72. The van der Waals surface area contributed by atoms with Crippen molar-refractivity contribution in [3.8, 4) is 11.5 Å². The van der Waals surface area contributed by atoms with Crippen molar-refractivity contribution in [2.75, 3.05) is 20.3 Å². The van der Waals surface area contributed by atoms with E-state index in [0.717, 1.165) is 16.7 Å². The number of hydrogen-bond donors (Lipinski definition) is 1. The van der Waals surface area contributed by atoms with Gasteiger partial charge < -0.3 is 14.6 Å². The molecule has 2 aromatic rings. The molecule has 1 fully saturated rings. The Bertz CT molecular complexity index is 955. The van der Waals surface area contributed by atoms with Crippen LogP contribution in [0.15, 0.2) is 53.4 Å². The molecule has 28 heavy (non-hydrogen) atoms. The average molecular weight is 399 g/mol. The number of imide groups is 1. The van der Waals surface area contributed by atoms with E-state index in [-0.39, 0.29) is 23.6 Å². The molecule has 1 saturated heterocycles. The van der Waals surface area contributed by atoms with Crippen molar-refractivity contribution in [2.24, 2.45) is 0 Å². The van der Waals surface area contributed by atoms with Crippen LogP contribution in [0.4, 0.5) is 4.79 Å². The highest BCUT2D eigenvalue weighted by Gasteiger charge is 2.35. The van der Waals surface area contributed by atoms with Crippen molar-refractivity contribution >= 4 is 35.0 Å². The van der Waals surface area contributed by atoms with Crippen molar-refractivity contribution in [2.45, 2.75) is 0 Å². The number of carbonyl (C=O) groups excluding carboxylic acids is 2. The third kappa shape index (κ3) is 4.17. The van der Waals surface area contributed by atoms with Gasteiger partial charge in [-0.1, -0.05) is 30.3 Å². The minimum Gasteiger partial charge on any atom is -0.493 e. The molecule has 144 valence electrons. The Morgan fingerprint density at radius 1 is 1.11 bits per heavy atom. The van der Waals surface area contributed by atoms with E-state index in [2.05, 4.69) is 0 Å². The molecule has 0 spiro atoms. The first-order chi connectivity index (χ1) is 13.5. The lowest BCUT2D eigenvalue weighted by atomic mass is 10.1. The number of amides is 2. The molecular formula is C20H17NO6S. The van der Waals surface area contributed by atoms with E-state index in [4.69, 9.17) is 9.47 Å². The topological polar surface area (TPSA) is 93.1 Å². The largest absolute Gasteiger partial charge is 0.493 e. The van der Waals surface area contributed by atoms with Crippen molar-refractivity contribution in [3.05, 3.63) is 64.6 Å². The number of thioether (sulfide) groups is 1. The maximum atomic E-state index is 12.6. The molecule has 0 atom stereocenters. The highest BCUT2D eigenvalue weighted by Crippen LogP contribution is 2.33. The number of hydrogen-bond acceptors (Lipinski definition) is 6. The van der Waals surface area contributed by atoms with Gasteiger partial charge in [0.2, 0.25) is 0 Å². The molecular weight excluding hydrogens is 382 g/mol. The van der Waals surface area contributed by atoms with Crippen LogP contribution in [-0.2, 0) is 4.79 Å². The number of aromatic carboxylic acids is 1. The first-order valence-electron chi connectivity index (χ1n) is 8.34. The summed E-state index contributed by atoms with van der Waals surface area (Å²) >= 11 is 0.776. The van der Waals surface area contributed by atoms with Crippen LogP contribution in [0.3, 0.4) is 0 Å². The number of benzene rings is 2. The average Bonchev–Trinajstić information content (AvgIpc) is 2.96. The van der Waals surface area contributed by atoms with Gasteiger partial charge in [0.05, 0.1) is 24.1 Å². The number of methoxy groups -OCH3 is 1. The summed E-state index contributed by atoms with van der Waals surface area (Å²) in [6.45, 7) is 0.179. The third-order valence-electron chi connectivity index (χ3n) is 3.99. The highest BCUT2D eigenvalue weighted by molar-refractivity contribution is 8.18. The van der Waals surface area contributed by atoms with Gasteiger partial charge in [0.25, 0.3) is 11.1 Å². The Morgan fingerprint density at radius 2 is 1.79 bits per heavy atom. The van der Waals surface area contributed by atoms with Gasteiger partial charge in [-0.15, -0.1) is 0 Å². The van der Waals surface area contributed by atoms with Gasteiger partial charge in [0.15, 0.2) is 11.5 Å². The predicted octanol–water partition coefficient (Wildman–Crippen LogP) is 3.51. The van der Waals surface area contributed by atoms with Crippen LogP contribution in [0.5, 0.6) is 11.5 Å². The smallest absolute Gasteiger partial charge is 0.336 e. The molecule has 8 heteroatoms. The zero-order chi connectivity index (χ0) is 20.1. The van der Waals surface area contributed by atoms with Crippen LogP contribution in [0, 0.1) is 0 Å². The number of para-hydroxylation sites is 2. The van der Waals surface area contributed by atoms with Gasteiger partial charge in [-0.05, 0) is 41.6 Å². The molecule has 0 unspecified atom stereocenters. The van der Waals surface area contributed by atoms with Gasteiger partial charge in [0, 0.05) is 0 Å². The number of carbonyl (C=O) groups is 3. The monoisotopic (exact) mass is 399 g/mol. The second-order valence-electron chi connectivity index (χ2n) is 5.73. The molecule has 0 bridgehead atoms. The number of nitrogens with zero attached hydrogens (tertiary/aromatic N) is 1. The van der Waals surface area contributed by atoms with Gasteiger partial charge in [-0.2, -0.15) is 0 Å². The number of carboxylic acid groups (broad SMARTS) is 1. The minimum absolute atomic E-state index is 0.0637. The van der Waals surface area contributed by atoms with E-state index >= 15 is 0 Å². The molecule has 0 saturated carbocycles. The summed E-state index contributed by atoms with van der Waals surface area (Å²) < 4.78 is 10.8. The number of rotatable bonds is 7. The van der Waals surface area contributed by atoms with E-state index in [1.807, 2.05) is 6.07 Å². The Labute approximate surface area is 165 Å². The summed E-state index contributed by atoms with van der Waals surface area (Å²) in [4.78, 5) is 37.3. The molecule has 0 aliphatic carbocycles. The lowest BCUT2D eigenvalue weighted by Crippen LogP contribution is -2.32. The predicted molar refractivity (Wildman–Crippen MR) is 105 cm³/mol. The van der Waals surface area contributed by atoms with Crippen LogP contribution in [0.25, 0.3) is 6.08 Å². The normalized spacial score (nSPS) is 15.2. The van der Waals surface area contributed by atoms with Crippen molar-refractivity contribution in [1.82, 2.24) is 4.90 Å². The SMILES string of the molecule is COc1ccccc1OCCN1C(=O)S/C(=C\c2ccccc2C(=O)O)C1=O. The Kier molecular flexibility index (Phi) is 6.00. The van der Waals surface area contributed by atoms with Gasteiger partial charge >= 0.3 is 5.97 Å². The van der Waals surface area contributed by atoms with Crippen molar-refractivity contribution in [3.63, 3.8) is 0 Å². The van der Waals surface area contributed by atoms with Crippen molar-refractivity contribution < 1.29 is 29.0 Å². The summed E-state index contributed by atoms with van der Waals surface area (Å²) in [5.74, 6) is -0.500. The lowest BCUT2D eigenvalue weighted by Gasteiger charge is -2.14. The van der Waals surface area contributed by atoms with Crippen LogP contribution >= 0.6 is 11.8 Å². The summed E-state index contributed by atoms with van der Waals surface area (Å²) in [5.41, 5.74) is 0.430. The Hall–Kier alpha value is -3.26. The molecule has 1 aliphatic rings. The fraction of sp³-hybridized carbons (Fsp3) is 0.150. The molecule has 7 nitrogen and oxygen atoms in total. The third-order valence-corrected chi connectivity index (χ3v) is 4.90. The highest BCUT2D eigenvalue weighted by atomic mass is 32.2. The standard InChI is InChI=1S/C20H17NO6S/c1-26-15-8-4-5-9-16(15)27-11-10-21-18(22)17(28-20(21)25)12-13-6-2-3-7-14(13)19(23)24/h2-9,12H,10-11H2,1H3,(H,23,24)/b17-12-. The quantitative estimate of drug-likeness (QED) is 0.712. The molecule has 3 rings (SSSR count). The van der Waals surface area contributed by atoms with E-state index in [9.17, 15) is 19.5 Å². The summed E-state index contributed by atoms with van der Waals surface area (Å²) in [5, 5.41) is 8.83. The van der Waals surface area contributed by atoms with Gasteiger partial charge in [-0.3, -0.25) is 14.5 Å². The fourth-order valence-electron chi connectivity index (χ4n) is 2.64. The summed E-state index contributed by atoms with van der Waals surface area (Å²) in [7, 11) is 1.53. The summed E-state index contributed by atoms with van der Waals surface area (Å²) in [6.07, 6.45) is 1.43. The number of ether oxygens (including phenoxy) is 2. The van der Waals surface area contributed by atoms with Crippen LogP contribution in [-0.4, -0.2) is 47.4 Å². The molecule has 0 radical (unpaired) electrons. The molecule has 1 N–H and O–H groups in total. The minimum atomic E-state index is -1.10. The Morgan fingerprint density at radius 3 is 2.50 bits per heavy atom. The first kappa shape index (κ1) is 19.5. The molecule has 2 amide bonds. The van der Waals surface area contributed by atoms with Gasteiger partial charge in [-0.25, -0.2) is 4.79 Å². The van der Waals surface area contributed by atoms with E-state index in [1.54, 1.807) is 36.4 Å². The van der Waals surface area contributed by atoms with Crippen LogP contribution in [0.1, 0.15) is 15.9 Å². The number of carboxylic acids is 1. The fourth-order valence-corrected chi connectivity index (χ4v) is 3.49. The maximum Gasteiger partial charge on any atom is 0.336 e. The molecule has 1 heterocycles. The lowest BCUT2D eigenvalue weighted by molar-refractivity contribution is -0.123. The molecule has 1 aliphatic heterocycles. The maximum absolute atomic E-state index is 12.6. The van der Waals surface area contributed by atoms with Crippen LogP contribution < -0.4 is 9.47 Å². The zero-order valence-corrected chi connectivity index (χ0v) is 15.8. The van der Waals surface area contributed by atoms with Crippen molar-refractivity contribution in [1.29, 1.82) is 0 Å². The molecule has 0 aromatic heterocycles. The van der Waals surface area contributed by atoms with E-state index < -0.39 is 17.1 Å². The second kappa shape index (κ2) is 8.62. The van der Waals surface area contributed by atoms with Crippen LogP contribution in [0.2, 0.25) is 0 Å². The Balaban J connectivity index is 1.69. The van der Waals surface area contributed by atoms with Gasteiger partial charge in [0.1, 0.15) is 6.61 Å². The van der Waals surface area contributed by atoms with E-state index in [1.165, 1.54) is 19.3 Å². The summed E-state index contributed by atoms with van der Waals surface area (Å²) in [6, 6.07) is 13.4.